The molecule has 2 aromatic rings. The molecule has 0 spiro atoms. The van der Waals surface area contributed by atoms with Gasteiger partial charge in [0.15, 0.2) is 0 Å². The molecular weight excluding hydrogens is 317 g/mol. The zero-order valence-corrected chi connectivity index (χ0v) is 13.1. The number of ether oxygens (including phenoxy) is 1. The molecule has 0 saturated carbocycles. The molecule has 6 heteroatoms. The molecule has 0 aromatic heterocycles. The van der Waals surface area contributed by atoms with Gasteiger partial charge in [-0.25, -0.2) is 0 Å². The lowest BCUT2D eigenvalue weighted by Crippen LogP contribution is -2.00. The summed E-state index contributed by atoms with van der Waals surface area (Å²) < 4.78 is 17.6. The average Bonchev–Trinajstić information content (AvgIpc) is 2.42. The van der Waals surface area contributed by atoms with Crippen molar-refractivity contribution in [2.24, 2.45) is 0 Å². The Kier molecular flexibility index (Phi) is 4.91. The standard InChI is InChI=1S/C14H13Cl2NO2S/c1-19-14-5-2-10(15)6-9(14)8-20(18)11-3-4-13(17)12(16)7-11/h2-7H,8,17H2,1H3. The van der Waals surface area contributed by atoms with Crippen molar-refractivity contribution < 1.29 is 8.95 Å². The molecule has 0 radical (unpaired) electrons. The van der Waals surface area contributed by atoms with E-state index in [9.17, 15) is 4.21 Å². The summed E-state index contributed by atoms with van der Waals surface area (Å²) in [6.07, 6.45) is 0. The van der Waals surface area contributed by atoms with E-state index in [4.69, 9.17) is 33.7 Å². The summed E-state index contributed by atoms with van der Waals surface area (Å²) in [5.74, 6) is 0.952. The van der Waals surface area contributed by atoms with Crippen molar-refractivity contribution in [2.75, 3.05) is 12.8 Å². The molecule has 2 rings (SSSR count). The van der Waals surface area contributed by atoms with E-state index < -0.39 is 10.8 Å². The molecule has 106 valence electrons. The fourth-order valence-electron chi connectivity index (χ4n) is 1.73. The first-order valence-electron chi connectivity index (χ1n) is 5.77. The summed E-state index contributed by atoms with van der Waals surface area (Å²) in [5, 5.41) is 0.974. The normalized spacial score (nSPS) is 12.2. The van der Waals surface area contributed by atoms with Crippen LogP contribution in [0.4, 0.5) is 5.69 Å². The lowest BCUT2D eigenvalue weighted by molar-refractivity contribution is 0.411. The first-order chi connectivity index (χ1) is 9.51. The molecule has 0 aliphatic heterocycles. The lowest BCUT2D eigenvalue weighted by atomic mass is 10.2. The fourth-order valence-corrected chi connectivity index (χ4v) is 3.32. The van der Waals surface area contributed by atoms with E-state index in [0.717, 1.165) is 5.56 Å². The number of hydrogen-bond acceptors (Lipinski definition) is 3. The summed E-state index contributed by atoms with van der Waals surface area (Å²) in [5.41, 5.74) is 6.89. The Bertz CT molecular complexity index is 662. The number of rotatable bonds is 4. The highest BCUT2D eigenvalue weighted by Crippen LogP contribution is 2.27. The number of anilines is 1. The van der Waals surface area contributed by atoms with Crippen LogP contribution in [0.2, 0.25) is 10.0 Å². The maximum Gasteiger partial charge on any atom is 0.123 e. The molecule has 1 unspecified atom stereocenters. The number of halogens is 2. The first kappa shape index (κ1) is 15.2. The smallest absolute Gasteiger partial charge is 0.123 e. The molecule has 2 aromatic carbocycles. The van der Waals surface area contributed by atoms with Gasteiger partial charge in [0.05, 0.1) is 34.4 Å². The number of nitrogen functional groups attached to an aromatic ring is 1. The van der Waals surface area contributed by atoms with Crippen LogP contribution < -0.4 is 10.5 Å². The number of nitrogens with two attached hydrogens (primary N) is 1. The van der Waals surface area contributed by atoms with Crippen LogP contribution >= 0.6 is 23.2 Å². The van der Waals surface area contributed by atoms with Gasteiger partial charge in [-0.1, -0.05) is 23.2 Å². The van der Waals surface area contributed by atoms with E-state index in [1.165, 1.54) is 0 Å². The third kappa shape index (κ3) is 3.45. The van der Waals surface area contributed by atoms with Gasteiger partial charge in [-0.2, -0.15) is 0 Å². The van der Waals surface area contributed by atoms with Gasteiger partial charge in [-0.15, -0.1) is 0 Å². The molecule has 20 heavy (non-hydrogen) atoms. The van der Waals surface area contributed by atoms with Crippen LogP contribution in [0.15, 0.2) is 41.3 Å². The van der Waals surface area contributed by atoms with Gasteiger partial charge in [0.25, 0.3) is 0 Å². The van der Waals surface area contributed by atoms with E-state index in [1.807, 2.05) is 0 Å². The second-order valence-electron chi connectivity index (χ2n) is 4.13. The molecule has 3 nitrogen and oxygen atoms in total. The van der Waals surface area contributed by atoms with E-state index in [2.05, 4.69) is 0 Å². The molecule has 0 aliphatic carbocycles. The summed E-state index contributed by atoms with van der Waals surface area (Å²) in [6.45, 7) is 0. The quantitative estimate of drug-likeness (QED) is 0.865. The molecule has 0 bridgehead atoms. The van der Waals surface area contributed by atoms with Crippen molar-refractivity contribution in [3.05, 3.63) is 52.0 Å². The Morgan fingerprint density at radius 2 is 1.95 bits per heavy atom. The summed E-state index contributed by atoms with van der Waals surface area (Å²) in [6, 6.07) is 10.2. The van der Waals surface area contributed by atoms with E-state index in [1.54, 1.807) is 43.5 Å². The van der Waals surface area contributed by atoms with E-state index in [0.29, 0.717) is 32.1 Å². The highest BCUT2D eigenvalue weighted by molar-refractivity contribution is 7.84. The highest BCUT2D eigenvalue weighted by atomic mass is 35.5. The van der Waals surface area contributed by atoms with Crippen molar-refractivity contribution in [3.63, 3.8) is 0 Å². The van der Waals surface area contributed by atoms with Gasteiger partial charge < -0.3 is 10.5 Å². The van der Waals surface area contributed by atoms with Crippen molar-refractivity contribution in [2.45, 2.75) is 10.6 Å². The Labute approximate surface area is 130 Å². The van der Waals surface area contributed by atoms with Crippen molar-refractivity contribution in [1.29, 1.82) is 0 Å². The second-order valence-corrected chi connectivity index (χ2v) is 6.42. The van der Waals surface area contributed by atoms with Crippen molar-refractivity contribution >= 4 is 39.7 Å². The van der Waals surface area contributed by atoms with Crippen LogP contribution in [0, 0.1) is 0 Å². The van der Waals surface area contributed by atoms with Crippen LogP contribution in [0.1, 0.15) is 5.56 Å². The molecule has 2 N–H and O–H groups in total. The number of methoxy groups -OCH3 is 1. The monoisotopic (exact) mass is 329 g/mol. The van der Waals surface area contributed by atoms with Gasteiger partial charge in [-0.3, -0.25) is 4.21 Å². The number of hydrogen-bond donors (Lipinski definition) is 1. The van der Waals surface area contributed by atoms with Gasteiger partial charge in [0.1, 0.15) is 5.75 Å². The van der Waals surface area contributed by atoms with Gasteiger partial charge in [0.2, 0.25) is 0 Å². The third-order valence-electron chi connectivity index (χ3n) is 2.76. The van der Waals surface area contributed by atoms with E-state index in [-0.39, 0.29) is 0 Å². The molecule has 0 fully saturated rings. The predicted molar refractivity (Wildman–Crippen MR) is 84.0 cm³/mol. The Morgan fingerprint density at radius 1 is 1.20 bits per heavy atom. The zero-order chi connectivity index (χ0) is 14.7. The predicted octanol–water partition coefficient (Wildman–Crippen LogP) is 3.89. The summed E-state index contributed by atoms with van der Waals surface area (Å²) >= 11 is 11.9. The van der Waals surface area contributed by atoms with Gasteiger partial charge in [0, 0.05) is 15.5 Å². The molecule has 0 amide bonds. The molecule has 0 aliphatic rings. The summed E-state index contributed by atoms with van der Waals surface area (Å²) in [7, 11) is 0.313. The topological polar surface area (TPSA) is 52.3 Å². The Morgan fingerprint density at radius 3 is 2.60 bits per heavy atom. The van der Waals surface area contributed by atoms with E-state index >= 15 is 0 Å². The molecule has 1 atom stereocenters. The third-order valence-corrected chi connectivity index (χ3v) is 4.68. The van der Waals surface area contributed by atoms with Crippen LogP contribution in [-0.2, 0) is 16.6 Å². The summed E-state index contributed by atoms with van der Waals surface area (Å²) in [4.78, 5) is 0.617. The minimum atomic E-state index is -1.25. The largest absolute Gasteiger partial charge is 0.496 e. The SMILES string of the molecule is COc1ccc(Cl)cc1CS(=O)c1ccc(N)c(Cl)c1. The average molecular weight is 330 g/mol. The number of benzene rings is 2. The molecule has 0 saturated heterocycles. The maximum atomic E-state index is 12.4. The first-order valence-corrected chi connectivity index (χ1v) is 7.84. The molecule has 0 heterocycles. The Balaban J connectivity index is 2.27. The second kappa shape index (κ2) is 6.48. The van der Waals surface area contributed by atoms with Crippen LogP contribution in [-0.4, -0.2) is 11.3 Å². The van der Waals surface area contributed by atoms with Crippen LogP contribution in [0.5, 0.6) is 5.75 Å². The van der Waals surface area contributed by atoms with Crippen molar-refractivity contribution in [3.8, 4) is 5.75 Å². The van der Waals surface area contributed by atoms with Crippen LogP contribution in [0.3, 0.4) is 0 Å². The minimum absolute atomic E-state index is 0.296. The van der Waals surface area contributed by atoms with Crippen molar-refractivity contribution in [1.82, 2.24) is 0 Å². The molecular formula is C14H13Cl2NO2S. The highest BCUT2D eigenvalue weighted by Gasteiger charge is 2.11. The maximum absolute atomic E-state index is 12.4. The minimum Gasteiger partial charge on any atom is -0.496 e. The van der Waals surface area contributed by atoms with Gasteiger partial charge in [-0.05, 0) is 36.4 Å². The zero-order valence-electron chi connectivity index (χ0n) is 10.7. The fraction of sp³-hybridized carbons (Fsp3) is 0.143. The Hall–Kier alpha value is -1.23. The lowest BCUT2D eigenvalue weighted by Gasteiger charge is -2.09. The van der Waals surface area contributed by atoms with Crippen LogP contribution in [0.25, 0.3) is 0 Å². The van der Waals surface area contributed by atoms with Gasteiger partial charge >= 0.3 is 0 Å².